The largest absolute Gasteiger partial charge is 0.478 e. The standard InChI is InChI=1S/C8H13ClO2/c1-6(3-4-9)5-7(2)8(10)11/h6H,2-5H2,1H3,(H,10,11). The molecule has 0 saturated heterocycles. The number of alkyl halides is 1. The Morgan fingerprint density at radius 3 is 2.64 bits per heavy atom. The van der Waals surface area contributed by atoms with Gasteiger partial charge in [0, 0.05) is 11.5 Å². The third-order valence-electron chi connectivity index (χ3n) is 1.50. The first-order valence-electron chi connectivity index (χ1n) is 3.55. The quantitative estimate of drug-likeness (QED) is 0.516. The lowest BCUT2D eigenvalue weighted by Gasteiger charge is -2.07. The third-order valence-corrected chi connectivity index (χ3v) is 1.72. The first-order chi connectivity index (χ1) is 5.07. The highest BCUT2D eigenvalue weighted by Gasteiger charge is 2.08. The zero-order valence-corrected chi connectivity index (χ0v) is 7.40. The Morgan fingerprint density at radius 1 is 1.73 bits per heavy atom. The van der Waals surface area contributed by atoms with Crippen molar-refractivity contribution in [1.29, 1.82) is 0 Å². The van der Waals surface area contributed by atoms with Crippen LogP contribution >= 0.6 is 11.6 Å². The summed E-state index contributed by atoms with van der Waals surface area (Å²) in [5.74, 6) is -0.0174. The molecule has 0 bridgehead atoms. The van der Waals surface area contributed by atoms with Crippen molar-refractivity contribution in [3.8, 4) is 0 Å². The molecular formula is C8H13ClO2. The van der Waals surface area contributed by atoms with Crippen LogP contribution in [0, 0.1) is 5.92 Å². The summed E-state index contributed by atoms with van der Waals surface area (Å²) in [4.78, 5) is 10.3. The first kappa shape index (κ1) is 10.5. The monoisotopic (exact) mass is 176 g/mol. The number of rotatable bonds is 5. The number of carboxylic acids is 1. The summed E-state index contributed by atoms with van der Waals surface area (Å²) >= 11 is 5.48. The van der Waals surface area contributed by atoms with Crippen molar-refractivity contribution in [2.75, 3.05) is 5.88 Å². The minimum Gasteiger partial charge on any atom is -0.478 e. The van der Waals surface area contributed by atoms with E-state index < -0.39 is 5.97 Å². The number of carbonyl (C=O) groups is 1. The van der Waals surface area contributed by atoms with Crippen molar-refractivity contribution in [2.45, 2.75) is 19.8 Å². The fourth-order valence-electron chi connectivity index (χ4n) is 0.796. The summed E-state index contributed by atoms with van der Waals surface area (Å²) in [5, 5.41) is 8.47. The van der Waals surface area contributed by atoms with Gasteiger partial charge in [-0.15, -0.1) is 11.6 Å². The first-order valence-corrected chi connectivity index (χ1v) is 4.08. The molecule has 0 radical (unpaired) electrons. The van der Waals surface area contributed by atoms with E-state index in [1.165, 1.54) is 0 Å². The highest BCUT2D eigenvalue weighted by molar-refractivity contribution is 6.17. The van der Waals surface area contributed by atoms with E-state index in [0.717, 1.165) is 6.42 Å². The van der Waals surface area contributed by atoms with Crippen LogP contribution in [0.4, 0.5) is 0 Å². The average molecular weight is 177 g/mol. The van der Waals surface area contributed by atoms with Crippen LogP contribution < -0.4 is 0 Å². The Bertz CT molecular complexity index is 154. The highest BCUT2D eigenvalue weighted by atomic mass is 35.5. The Hall–Kier alpha value is -0.500. The van der Waals surface area contributed by atoms with E-state index >= 15 is 0 Å². The van der Waals surface area contributed by atoms with Gasteiger partial charge in [-0.25, -0.2) is 4.79 Å². The van der Waals surface area contributed by atoms with E-state index in [2.05, 4.69) is 6.58 Å². The molecular weight excluding hydrogens is 164 g/mol. The molecule has 2 nitrogen and oxygen atoms in total. The van der Waals surface area contributed by atoms with E-state index in [9.17, 15) is 4.79 Å². The lowest BCUT2D eigenvalue weighted by atomic mass is 10.0. The SMILES string of the molecule is C=C(CC(C)CCCl)C(=O)O. The van der Waals surface area contributed by atoms with Gasteiger partial charge in [0.1, 0.15) is 0 Å². The molecule has 0 aliphatic carbocycles. The molecule has 64 valence electrons. The molecule has 0 aromatic heterocycles. The summed E-state index contributed by atoms with van der Waals surface area (Å²) in [6.45, 7) is 5.40. The lowest BCUT2D eigenvalue weighted by molar-refractivity contribution is -0.132. The van der Waals surface area contributed by atoms with Crippen LogP contribution in [0.15, 0.2) is 12.2 Å². The molecule has 0 aromatic carbocycles. The normalized spacial score (nSPS) is 12.5. The number of aliphatic carboxylic acids is 1. The molecule has 3 heteroatoms. The molecule has 0 fully saturated rings. The van der Waals surface area contributed by atoms with E-state index in [-0.39, 0.29) is 5.57 Å². The van der Waals surface area contributed by atoms with Crippen molar-refractivity contribution in [1.82, 2.24) is 0 Å². The second kappa shape index (κ2) is 5.19. The highest BCUT2D eigenvalue weighted by Crippen LogP contribution is 2.13. The van der Waals surface area contributed by atoms with Gasteiger partial charge >= 0.3 is 5.97 Å². The van der Waals surface area contributed by atoms with Gasteiger partial charge in [-0.1, -0.05) is 13.5 Å². The van der Waals surface area contributed by atoms with E-state index in [4.69, 9.17) is 16.7 Å². The number of halogens is 1. The molecule has 0 aromatic rings. The molecule has 1 atom stereocenters. The molecule has 0 rings (SSSR count). The van der Waals surface area contributed by atoms with Crippen LogP contribution in [0.5, 0.6) is 0 Å². The zero-order valence-electron chi connectivity index (χ0n) is 6.64. The van der Waals surface area contributed by atoms with Crippen LogP contribution in [-0.2, 0) is 4.79 Å². The van der Waals surface area contributed by atoms with Crippen molar-refractivity contribution in [3.63, 3.8) is 0 Å². The fourth-order valence-corrected chi connectivity index (χ4v) is 1.17. The summed E-state index contributed by atoms with van der Waals surface area (Å²) in [5.41, 5.74) is 0.266. The smallest absolute Gasteiger partial charge is 0.330 e. The number of carboxylic acid groups (broad SMARTS) is 1. The molecule has 1 N–H and O–H groups in total. The lowest BCUT2D eigenvalue weighted by Crippen LogP contribution is -2.04. The van der Waals surface area contributed by atoms with Gasteiger partial charge in [0.05, 0.1) is 0 Å². The van der Waals surface area contributed by atoms with Crippen LogP contribution in [0.25, 0.3) is 0 Å². The molecule has 11 heavy (non-hydrogen) atoms. The third kappa shape index (κ3) is 4.85. The summed E-state index contributed by atoms with van der Waals surface area (Å²) < 4.78 is 0. The van der Waals surface area contributed by atoms with E-state index in [1.54, 1.807) is 0 Å². The molecule has 0 heterocycles. The van der Waals surface area contributed by atoms with Gasteiger partial charge in [-0.2, -0.15) is 0 Å². The summed E-state index contributed by atoms with van der Waals surface area (Å²) in [6, 6.07) is 0. The van der Waals surface area contributed by atoms with Crippen molar-refractivity contribution < 1.29 is 9.90 Å². The summed E-state index contributed by atoms with van der Waals surface area (Å²) in [6.07, 6.45) is 1.37. The Morgan fingerprint density at radius 2 is 2.27 bits per heavy atom. The molecule has 0 aliphatic heterocycles. The molecule has 1 unspecified atom stereocenters. The van der Waals surface area contributed by atoms with Crippen LogP contribution in [0.3, 0.4) is 0 Å². The summed E-state index contributed by atoms with van der Waals surface area (Å²) in [7, 11) is 0. The van der Waals surface area contributed by atoms with Gasteiger partial charge in [0.15, 0.2) is 0 Å². The Labute approximate surface area is 71.9 Å². The van der Waals surface area contributed by atoms with Gasteiger partial charge in [0.25, 0.3) is 0 Å². The maximum Gasteiger partial charge on any atom is 0.330 e. The maximum atomic E-state index is 10.3. The Balaban J connectivity index is 3.66. The molecule has 0 spiro atoms. The van der Waals surface area contributed by atoms with Crippen LogP contribution in [-0.4, -0.2) is 17.0 Å². The van der Waals surface area contributed by atoms with Gasteiger partial charge in [-0.05, 0) is 18.8 Å². The fraction of sp³-hybridized carbons (Fsp3) is 0.625. The minimum atomic E-state index is -0.911. The van der Waals surface area contributed by atoms with E-state index in [0.29, 0.717) is 18.2 Å². The second-order valence-electron chi connectivity index (χ2n) is 2.70. The average Bonchev–Trinajstić information content (AvgIpc) is 1.87. The van der Waals surface area contributed by atoms with Gasteiger partial charge in [-0.3, -0.25) is 0 Å². The number of hydrogen-bond acceptors (Lipinski definition) is 1. The Kier molecular flexibility index (Phi) is 4.95. The maximum absolute atomic E-state index is 10.3. The topological polar surface area (TPSA) is 37.3 Å². The second-order valence-corrected chi connectivity index (χ2v) is 3.07. The van der Waals surface area contributed by atoms with Gasteiger partial charge in [0.2, 0.25) is 0 Å². The molecule has 0 saturated carbocycles. The number of hydrogen-bond donors (Lipinski definition) is 1. The zero-order chi connectivity index (χ0) is 8.85. The van der Waals surface area contributed by atoms with Crippen LogP contribution in [0.2, 0.25) is 0 Å². The predicted molar refractivity (Wildman–Crippen MR) is 45.9 cm³/mol. The van der Waals surface area contributed by atoms with E-state index in [1.807, 2.05) is 6.92 Å². The van der Waals surface area contributed by atoms with Gasteiger partial charge < -0.3 is 5.11 Å². The van der Waals surface area contributed by atoms with Crippen molar-refractivity contribution >= 4 is 17.6 Å². The predicted octanol–water partition coefficient (Wildman–Crippen LogP) is 2.28. The molecule has 0 amide bonds. The van der Waals surface area contributed by atoms with Crippen LogP contribution in [0.1, 0.15) is 19.8 Å². The van der Waals surface area contributed by atoms with Crippen molar-refractivity contribution in [2.24, 2.45) is 5.92 Å². The minimum absolute atomic E-state index is 0.266. The van der Waals surface area contributed by atoms with Crippen molar-refractivity contribution in [3.05, 3.63) is 12.2 Å². The molecule has 0 aliphatic rings.